The van der Waals surface area contributed by atoms with Gasteiger partial charge in [0.05, 0.1) is 11.6 Å². The highest BCUT2D eigenvalue weighted by Gasteiger charge is 2.27. The summed E-state index contributed by atoms with van der Waals surface area (Å²) in [6, 6.07) is 1.60. The van der Waals surface area contributed by atoms with Crippen LogP contribution in [0.2, 0.25) is 0 Å². The minimum atomic E-state index is -0.164. The third kappa shape index (κ3) is 3.53. The molecule has 0 aliphatic carbocycles. The van der Waals surface area contributed by atoms with Gasteiger partial charge in [-0.25, -0.2) is 0 Å². The number of phenolic OH excluding ortho intramolecular Hbond substituents is 1. The first kappa shape index (κ1) is 18.0. The highest BCUT2D eigenvalue weighted by molar-refractivity contribution is 9.13. The summed E-state index contributed by atoms with van der Waals surface area (Å²) < 4.78 is 6.45. The van der Waals surface area contributed by atoms with Gasteiger partial charge in [0.2, 0.25) is 0 Å². The Morgan fingerprint density at radius 3 is 2.17 bits per heavy atom. The van der Waals surface area contributed by atoms with Gasteiger partial charge in [0.25, 0.3) is 0 Å². The van der Waals surface area contributed by atoms with Crippen LogP contribution < -0.4 is 10.5 Å². The lowest BCUT2D eigenvalue weighted by molar-refractivity contribution is 0.322. The average Bonchev–Trinajstić information content (AvgIpc) is 2.24. The van der Waals surface area contributed by atoms with E-state index in [0.717, 1.165) is 10.0 Å². The normalized spacial score (nSPS) is 12.8. The molecule has 0 saturated carbocycles. The maximum absolute atomic E-state index is 9.84. The first-order chi connectivity index (χ1) is 7.70. The van der Waals surface area contributed by atoms with Gasteiger partial charge in [0, 0.05) is 10.5 Å². The zero-order chi connectivity index (χ0) is 13.4. The van der Waals surface area contributed by atoms with Crippen molar-refractivity contribution in [1.82, 2.24) is 0 Å². The molecule has 1 aromatic rings. The first-order valence-electron chi connectivity index (χ1n) is 5.20. The molecule has 0 aliphatic rings. The highest BCUT2D eigenvalue weighted by atomic mass is 79.9. The van der Waals surface area contributed by atoms with Gasteiger partial charge in [0.1, 0.15) is 0 Å². The van der Waals surface area contributed by atoms with Crippen LogP contribution in [0.25, 0.3) is 0 Å². The maximum atomic E-state index is 9.84. The number of hydrogen-bond acceptors (Lipinski definition) is 3. The van der Waals surface area contributed by atoms with Gasteiger partial charge in [0.15, 0.2) is 11.5 Å². The fourth-order valence-electron chi connectivity index (χ4n) is 1.46. The Morgan fingerprint density at radius 1 is 1.28 bits per heavy atom. The van der Waals surface area contributed by atoms with Gasteiger partial charge in [-0.15, -0.1) is 12.4 Å². The summed E-state index contributed by atoms with van der Waals surface area (Å²) in [5, 5.41) is 9.84. The number of methoxy groups -OCH3 is 1. The molecule has 3 N–H and O–H groups in total. The lowest BCUT2D eigenvalue weighted by Crippen LogP contribution is -2.26. The monoisotopic (exact) mass is 401 g/mol. The number of aromatic hydroxyl groups is 1. The van der Waals surface area contributed by atoms with E-state index in [-0.39, 0.29) is 29.6 Å². The number of hydrogen-bond donors (Lipinski definition) is 2. The fourth-order valence-corrected chi connectivity index (χ4v) is 2.43. The van der Waals surface area contributed by atoms with Crippen molar-refractivity contribution in [3.05, 3.63) is 20.6 Å². The van der Waals surface area contributed by atoms with E-state index in [9.17, 15) is 5.11 Å². The Morgan fingerprint density at radius 2 is 1.78 bits per heavy atom. The molecule has 1 rings (SSSR count). The second-order valence-electron chi connectivity index (χ2n) is 4.99. The van der Waals surface area contributed by atoms with E-state index in [4.69, 9.17) is 10.5 Å². The topological polar surface area (TPSA) is 55.5 Å². The van der Waals surface area contributed by atoms with Gasteiger partial charge in [-0.2, -0.15) is 0 Å². The molecule has 0 spiro atoms. The van der Waals surface area contributed by atoms with Crippen molar-refractivity contribution >= 4 is 44.3 Å². The summed E-state index contributed by atoms with van der Waals surface area (Å²) in [7, 11) is 1.52. The van der Waals surface area contributed by atoms with Crippen LogP contribution in [-0.2, 0) is 0 Å². The Kier molecular flexibility index (Phi) is 6.47. The van der Waals surface area contributed by atoms with Crippen LogP contribution in [0.15, 0.2) is 15.0 Å². The van der Waals surface area contributed by atoms with E-state index in [1.165, 1.54) is 7.11 Å². The van der Waals surface area contributed by atoms with Gasteiger partial charge in [-0.3, -0.25) is 0 Å². The summed E-state index contributed by atoms with van der Waals surface area (Å²) in [5.41, 5.74) is 7.05. The number of nitrogens with two attached hydrogens (primary N) is 1. The Balaban J connectivity index is 0.00000289. The van der Waals surface area contributed by atoms with Crippen molar-refractivity contribution in [2.75, 3.05) is 7.11 Å². The molecule has 6 heteroatoms. The third-order valence-electron chi connectivity index (χ3n) is 2.66. The SMILES string of the molecule is COc1cc([C@@H](N)C(C)(C)C)c(Br)c(Br)c1O.Cl. The molecule has 0 unspecified atom stereocenters. The van der Waals surface area contributed by atoms with E-state index in [0.29, 0.717) is 10.2 Å². The highest BCUT2D eigenvalue weighted by Crippen LogP contribution is 2.45. The Hall–Kier alpha value is 0.0300. The minimum absolute atomic E-state index is 0. The quantitative estimate of drug-likeness (QED) is 0.770. The second-order valence-corrected chi connectivity index (χ2v) is 6.57. The maximum Gasteiger partial charge on any atom is 0.173 e. The number of halogens is 3. The van der Waals surface area contributed by atoms with E-state index < -0.39 is 0 Å². The predicted molar refractivity (Wildman–Crippen MR) is 83.7 cm³/mol. The number of rotatable bonds is 2. The van der Waals surface area contributed by atoms with Crippen LogP contribution in [0.4, 0.5) is 0 Å². The summed E-state index contributed by atoms with van der Waals surface area (Å²) in [4.78, 5) is 0. The molecule has 104 valence electrons. The van der Waals surface area contributed by atoms with Gasteiger partial charge < -0.3 is 15.6 Å². The standard InChI is InChI=1S/C12H17Br2NO2.ClH/c1-12(2,3)11(15)6-5-7(17-4)10(16)9(14)8(6)13;/h5,11,16H,15H2,1-4H3;1H/t11-;/m1./s1. The molecule has 0 aromatic heterocycles. The van der Waals surface area contributed by atoms with Crippen LogP contribution in [0, 0.1) is 5.41 Å². The first-order valence-corrected chi connectivity index (χ1v) is 6.79. The molecule has 0 aliphatic heterocycles. The molecule has 0 saturated heterocycles. The van der Waals surface area contributed by atoms with Crippen molar-refractivity contribution in [3.63, 3.8) is 0 Å². The molecule has 0 fully saturated rings. The van der Waals surface area contributed by atoms with E-state index in [1.54, 1.807) is 6.07 Å². The molecular formula is C12H18Br2ClNO2. The van der Waals surface area contributed by atoms with Gasteiger partial charge in [-0.1, -0.05) is 20.8 Å². The summed E-state index contributed by atoms with van der Waals surface area (Å²) >= 11 is 6.77. The van der Waals surface area contributed by atoms with Crippen molar-refractivity contribution in [2.45, 2.75) is 26.8 Å². The molecule has 0 radical (unpaired) electrons. The predicted octanol–water partition coefficient (Wildman–Crippen LogP) is 4.39. The van der Waals surface area contributed by atoms with Gasteiger partial charge in [-0.05, 0) is 48.9 Å². The average molecular weight is 404 g/mol. The minimum Gasteiger partial charge on any atom is -0.503 e. The zero-order valence-electron chi connectivity index (χ0n) is 10.8. The Labute approximate surface area is 131 Å². The smallest absolute Gasteiger partial charge is 0.173 e. The van der Waals surface area contributed by atoms with Crippen molar-refractivity contribution in [1.29, 1.82) is 0 Å². The van der Waals surface area contributed by atoms with Crippen LogP contribution in [0.3, 0.4) is 0 Å². The lowest BCUT2D eigenvalue weighted by atomic mass is 9.83. The van der Waals surface area contributed by atoms with Crippen molar-refractivity contribution in [3.8, 4) is 11.5 Å². The number of phenols is 1. The second kappa shape index (κ2) is 6.46. The molecule has 18 heavy (non-hydrogen) atoms. The third-order valence-corrected chi connectivity index (χ3v) is 4.82. The van der Waals surface area contributed by atoms with Crippen molar-refractivity contribution in [2.24, 2.45) is 11.1 Å². The van der Waals surface area contributed by atoms with E-state index in [1.807, 2.05) is 0 Å². The van der Waals surface area contributed by atoms with Crippen molar-refractivity contribution < 1.29 is 9.84 Å². The van der Waals surface area contributed by atoms with Crippen LogP contribution in [0.5, 0.6) is 11.5 Å². The lowest BCUT2D eigenvalue weighted by Gasteiger charge is -2.29. The summed E-state index contributed by atoms with van der Waals surface area (Å²) in [5.74, 6) is 0.485. The number of benzene rings is 1. The van der Waals surface area contributed by atoms with Crippen LogP contribution in [-0.4, -0.2) is 12.2 Å². The molecule has 1 aromatic carbocycles. The molecular weight excluding hydrogens is 385 g/mol. The largest absolute Gasteiger partial charge is 0.503 e. The molecule has 3 nitrogen and oxygen atoms in total. The molecule has 0 amide bonds. The van der Waals surface area contributed by atoms with Crippen LogP contribution in [0.1, 0.15) is 32.4 Å². The summed E-state index contributed by atoms with van der Waals surface area (Å²) in [6.07, 6.45) is 0. The fraction of sp³-hybridized carbons (Fsp3) is 0.500. The van der Waals surface area contributed by atoms with Gasteiger partial charge >= 0.3 is 0 Å². The molecule has 0 heterocycles. The summed E-state index contributed by atoms with van der Waals surface area (Å²) in [6.45, 7) is 6.20. The number of ether oxygens (including phenoxy) is 1. The molecule has 0 bridgehead atoms. The van der Waals surface area contributed by atoms with E-state index >= 15 is 0 Å². The molecule has 1 atom stereocenters. The zero-order valence-corrected chi connectivity index (χ0v) is 14.7. The van der Waals surface area contributed by atoms with E-state index in [2.05, 4.69) is 52.6 Å². The Bertz CT molecular complexity index is 433. The van der Waals surface area contributed by atoms with Crippen LogP contribution >= 0.6 is 44.3 Å².